The van der Waals surface area contributed by atoms with Crippen molar-refractivity contribution in [2.75, 3.05) is 0 Å². The maximum Gasteiger partial charge on any atom is 2.00 e. The number of aromatic carboxylic acids is 2. The standard InChI is InChI=1S/2C8H5NO2.2C6H6N2O.Co.2H2O/c2*9-5-6-1-3-7(4-2-6)8(10)11;2*7-6(9)5-2-1-3-8-4-5;;;/h2*1-4H,(H,10,11);2*1-4H,(H2,7,9);;2*1H2/q;;;;+2;;. The van der Waals surface area contributed by atoms with E-state index in [9.17, 15) is 29.4 Å². The van der Waals surface area contributed by atoms with E-state index < -0.39 is 23.8 Å². The Balaban J connectivity index is -0.000000487. The van der Waals surface area contributed by atoms with Gasteiger partial charge in [0.25, 0.3) is 0 Å². The number of hydrogen-bond acceptors (Lipinski definition) is 10. The Labute approximate surface area is 255 Å². The number of aromatic nitrogens is 2. The average molecular weight is 633 g/mol. The zero-order chi connectivity index (χ0) is 29.9. The molecule has 0 saturated carbocycles. The number of pyridine rings is 2. The summed E-state index contributed by atoms with van der Waals surface area (Å²) in [6.07, 6.45) is 6.05. The SMILES string of the molecule is N#Cc1ccc(C(=O)[O-])cc1.N#Cc1ccc(C(=O)[O-])cc1.NC(=O)c1cccnc1.NC(=O)c1cccnc1.[Co+2].[OH3+].[OH3+]. The summed E-state index contributed by atoms with van der Waals surface area (Å²) in [7, 11) is 0. The zero-order valence-corrected chi connectivity index (χ0v) is 23.2. The van der Waals surface area contributed by atoms with E-state index in [0.717, 1.165) is 0 Å². The normalized spacial score (nSPS) is 8.14. The molecule has 0 aliphatic heterocycles. The molecule has 4 rings (SSSR count). The van der Waals surface area contributed by atoms with Crippen LogP contribution < -0.4 is 21.7 Å². The molecule has 1 radical (unpaired) electrons. The molecule has 2 heterocycles. The number of benzene rings is 2. The van der Waals surface area contributed by atoms with Gasteiger partial charge in [-0.2, -0.15) is 10.5 Å². The largest absolute Gasteiger partial charge is 2.00 e. The fourth-order valence-corrected chi connectivity index (χ4v) is 2.38. The molecule has 0 atom stereocenters. The van der Waals surface area contributed by atoms with E-state index in [1.54, 1.807) is 36.7 Å². The first-order chi connectivity index (χ1) is 19.1. The van der Waals surface area contributed by atoms with Gasteiger partial charge in [-0.1, -0.05) is 24.3 Å². The molecular formula is C28H26CoN6O8+2. The van der Waals surface area contributed by atoms with Gasteiger partial charge >= 0.3 is 16.8 Å². The number of carbonyl (C=O) groups excluding carboxylic acids is 4. The number of rotatable bonds is 4. The van der Waals surface area contributed by atoms with Crippen LogP contribution in [0, 0.1) is 22.7 Å². The number of nitriles is 2. The summed E-state index contributed by atoms with van der Waals surface area (Å²) < 4.78 is 0. The van der Waals surface area contributed by atoms with E-state index in [2.05, 4.69) is 9.97 Å². The van der Waals surface area contributed by atoms with Crippen LogP contribution in [0.3, 0.4) is 0 Å². The van der Waals surface area contributed by atoms with E-state index in [0.29, 0.717) is 22.3 Å². The van der Waals surface area contributed by atoms with Crippen LogP contribution in [-0.4, -0.2) is 33.7 Å². The second kappa shape index (κ2) is 22.8. The smallest absolute Gasteiger partial charge is 0.545 e. The van der Waals surface area contributed by atoms with Gasteiger partial charge in [-0.3, -0.25) is 19.6 Å². The first kappa shape index (κ1) is 41.5. The van der Waals surface area contributed by atoms with E-state index in [1.165, 1.54) is 60.9 Å². The molecule has 14 nitrogen and oxygen atoms in total. The van der Waals surface area contributed by atoms with E-state index in [1.807, 2.05) is 12.1 Å². The van der Waals surface area contributed by atoms with Crippen molar-refractivity contribution >= 4 is 23.8 Å². The molecule has 43 heavy (non-hydrogen) atoms. The Morgan fingerprint density at radius 1 is 0.581 bits per heavy atom. The summed E-state index contributed by atoms with van der Waals surface area (Å²) in [6, 6.07) is 21.4. The Hall–Kier alpha value is -5.97. The van der Waals surface area contributed by atoms with E-state index >= 15 is 0 Å². The maximum absolute atomic E-state index is 10.4. The molecule has 0 spiro atoms. The van der Waals surface area contributed by atoms with Crippen LogP contribution in [0.1, 0.15) is 52.6 Å². The van der Waals surface area contributed by atoms with Crippen LogP contribution in [0.4, 0.5) is 0 Å². The predicted octanol–water partition coefficient (Wildman–Crippen LogP) is -1.64. The average Bonchev–Trinajstić information content (AvgIpc) is 2.99. The Morgan fingerprint density at radius 3 is 1.05 bits per heavy atom. The van der Waals surface area contributed by atoms with Crippen molar-refractivity contribution in [1.29, 1.82) is 10.5 Å². The van der Waals surface area contributed by atoms with Gasteiger partial charge in [0.05, 0.1) is 46.3 Å². The Kier molecular flexibility index (Phi) is 22.0. The van der Waals surface area contributed by atoms with Crippen molar-refractivity contribution in [3.8, 4) is 12.1 Å². The quantitative estimate of drug-likeness (QED) is 0.241. The van der Waals surface area contributed by atoms with Crippen molar-refractivity contribution in [3.63, 3.8) is 0 Å². The molecule has 2 amide bonds. The molecule has 0 bridgehead atoms. The third kappa shape index (κ3) is 16.7. The number of carboxylic acid groups (broad SMARTS) is 2. The van der Waals surface area contributed by atoms with Crippen LogP contribution in [0.25, 0.3) is 0 Å². The van der Waals surface area contributed by atoms with E-state index in [4.69, 9.17) is 22.0 Å². The van der Waals surface area contributed by atoms with Crippen molar-refractivity contribution in [2.24, 2.45) is 11.5 Å². The van der Waals surface area contributed by atoms with Gasteiger partial charge < -0.3 is 42.2 Å². The topological polar surface area (TPSA) is 306 Å². The Bertz CT molecular complexity index is 1390. The summed E-state index contributed by atoms with van der Waals surface area (Å²) in [5.41, 5.74) is 11.8. The molecule has 10 N–H and O–H groups in total. The molecule has 223 valence electrons. The van der Waals surface area contributed by atoms with Crippen LogP contribution >= 0.6 is 0 Å². The minimum absolute atomic E-state index is 0. The number of carbonyl (C=O) groups is 4. The van der Waals surface area contributed by atoms with E-state index in [-0.39, 0.29) is 38.9 Å². The summed E-state index contributed by atoms with van der Waals surface area (Å²) in [5.74, 6) is -3.34. The van der Waals surface area contributed by atoms with Crippen molar-refractivity contribution < 1.29 is 57.1 Å². The number of carboxylic acids is 2. The summed E-state index contributed by atoms with van der Waals surface area (Å²) in [6.45, 7) is 0. The zero-order valence-electron chi connectivity index (χ0n) is 22.1. The van der Waals surface area contributed by atoms with Crippen LogP contribution in [-0.2, 0) is 27.7 Å². The fraction of sp³-hybridized carbons (Fsp3) is 0. The minimum atomic E-state index is -1.23. The molecule has 2 aromatic carbocycles. The summed E-state index contributed by atoms with van der Waals surface area (Å²) in [5, 5.41) is 37.1. The van der Waals surface area contributed by atoms with Crippen molar-refractivity contribution in [3.05, 3.63) is 131 Å². The van der Waals surface area contributed by atoms with Gasteiger partial charge in [-0.05, 0) is 59.7 Å². The third-order valence-corrected chi connectivity index (χ3v) is 4.39. The summed E-state index contributed by atoms with van der Waals surface area (Å²) in [4.78, 5) is 48.6. The minimum Gasteiger partial charge on any atom is -0.545 e. The molecule has 0 aliphatic carbocycles. The molecule has 0 fully saturated rings. The molecule has 4 aromatic rings. The number of nitrogens with two attached hydrogens (primary N) is 2. The van der Waals surface area contributed by atoms with Gasteiger partial charge in [0.15, 0.2) is 0 Å². The number of nitrogens with zero attached hydrogens (tertiary/aromatic N) is 4. The summed E-state index contributed by atoms with van der Waals surface area (Å²) >= 11 is 0. The molecule has 0 unspecified atom stereocenters. The maximum atomic E-state index is 10.4. The second-order valence-corrected chi connectivity index (χ2v) is 7.17. The van der Waals surface area contributed by atoms with Gasteiger partial charge in [0, 0.05) is 24.8 Å². The van der Waals surface area contributed by atoms with Crippen LogP contribution in [0.2, 0.25) is 0 Å². The van der Waals surface area contributed by atoms with Gasteiger partial charge in [0.2, 0.25) is 11.8 Å². The second-order valence-electron chi connectivity index (χ2n) is 7.17. The molecule has 15 heteroatoms. The Morgan fingerprint density at radius 2 is 0.884 bits per heavy atom. The van der Waals surface area contributed by atoms with Crippen LogP contribution in [0.15, 0.2) is 97.6 Å². The molecule has 2 aromatic heterocycles. The van der Waals surface area contributed by atoms with Gasteiger partial charge in [-0.25, -0.2) is 0 Å². The first-order valence-electron chi connectivity index (χ1n) is 10.9. The van der Waals surface area contributed by atoms with Gasteiger partial charge in [0.1, 0.15) is 0 Å². The molecule has 0 aliphatic rings. The number of primary amides is 2. The fourth-order valence-electron chi connectivity index (χ4n) is 2.38. The molecule has 0 saturated heterocycles. The predicted molar refractivity (Wildman–Crippen MR) is 146 cm³/mol. The van der Waals surface area contributed by atoms with Crippen molar-refractivity contribution in [1.82, 2.24) is 9.97 Å². The monoisotopic (exact) mass is 633 g/mol. The van der Waals surface area contributed by atoms with Crippen LogP contribution in [0.5, 0.6) is 0 Å². The van der Waals surface area contributed by atoms with Crippen molar-refractivity contribution in [2.45, 2.75) is 0 Å². The first-order valence-corrected chi connectivity index (χ1v) is 10.9. The molecular weight excluding hydrogens is 607 g/mol. The third-order valence-electron chi connectivity index (χ3n) is 4.39. The number of hydrogen-bond donors (Lipinski definition) is 2. The number of amides is 2. The van der Waals surface area contributed by atoms with Gasteiger partial charge in [-0.15, -0.1) is 0 Å².